The molecule has 0 saturated carbocycles. The van der Waals surface area contributed by atoms with Gasteiger partial charge in [0, 0.05) is 16.0 Å². The minimum absolute atomic E-state index is 0.377. The topological polar surface area (TPSA) is 35.2 Å². The average Bonchev–Trinajstić information content (AvgIpc) is 1.68. The van der Waals surface area contributed by atoms with Crippen LogP contribution in [-0.2, 0) is 4.74 Å². The Hall–Kier alpha value is 0.137. The second-order valence-corrected chi connectivity index (χ2v) is 2.84. The number of hydrogen-bond donors (Lipinski definition) is 1. The van der Waals surface area contributed by atoms with Gasteiger partial charge >= 0.3 is 0 Å². The van der Waals surface area contributed by atoms with Gasteiger partial charge in [-0.1, -0.05) is 6.92 Å². The summed E-state index contributed by atoms with van der Waals surface area (Å²) in [7, 11) is 1.10. The van der Waals surface area contributed by atoms with E-state index in [-0.39, 0.29) is 0 Å². The molecule has 0 bridgehead atoms. The molecule has 0 aromatic carbocycles. The summed E-state index contributed by atoms with van der Waals surface area (Å²) >= 11 is 0. The molecule has 0 fully saturated rings. The molecule has 0 aliphatic heterocycles. The van der Waals surface area contributed by atoms with E-state index in [9.17, 15) is 0 Å². The second kappa shape index (κ2) is 4.30. The summed E-state index contributed by atoms with van der Waals surface area (Å²) in [6.07, 6.45) is 1.10. The number of hydrogen-bond acceptors (Lipinski definition) is 2. The number of ether oxygens (including phenoxy) is 1. The molecule has 0 saturated heterocycles. The summed E-state index contributed by atoms with van der Waals surface area (Å²) < 4.78 is 5.03. The van der Waals surface area contributed by atoms with Crippen molar-refractivity contribution in [1.82, 2.24) is 0 Å². The molecule has 0 aliphatic carbocycles. The van der Waals surface area contributed by atoms with Crippen molar-refractivity contribution >= 4 is 10.2 Å². The zero-order valence-corrected chi connectivity index (χ0v) is 6.98. The van der Waals surface area contributed by atoms with Crippen molar-refractivity contribution in [2.75, 3.05) is 6.73 Å². The van der Waals surface area contributed by atoms with Gasteiger partial charge in [-0.3, -0.25) is 0 Å². The van der Waals surface area contributed by atoms with Gasteiger partial charge in [-0.05, 0) is 6.42 Å². The largest absolute Gasteiger partial charge is 0.368 e. The fourth-order valence-corrected chi connectivity index (χ4v) is 0.475. The molecule has 0 amide bonds. The molecule has 0 radical (unpaired) electrons. The molecule has 0 rings (SSSR count). The standard InChI is InChI=1S/C4H13NOSi/c1-2-4(7)6-3-5/h4H,2-3,5H2,1,7H3. The van der Waals surface area contributed by atoms with Crippen LogP contribution in [-0.4, -0.2) is 22.7 Å². The van der Waals surface area contributed by atoms with Crippen LogP contribution in [0.1, 0.15) is 13.3 Å². The molecule has 0 spiro atoms. The van der Waals surface area contributed by atoms with Crippen molar-refractivity contribution in [2.45, 2.75) is 19.1 Å². The Bertz CT molecular complexity index is 42.7. The van der Waals surface area contributed by atoms with E-state index in [0.717, 1.165) is 16.7 Å². The molecule has 0 aromatic rings. The van der Waals surface area contributed by atoms with Crippen molar-refractivity contribution in [2.24, 2.45) is 5.73 Å². The fourth-order valence-electron chi connectivity index (χ4n) is 0.282. The summed E-state index contributed by atoms with van der Waals surface area (Å²) in [5, 5.41) is 0. The van der Waals surface area contributed by atoms with Gasteiger partial charge in [0.2, 0.25) is 0 Å². The van der Waals surface area contributed by atoms with E-state index in [4.69, 9.17) is 10.5 Å². The van der Waals surface area contributed by atoms with Crippen molar-refractivity contribution in [3.8, 4) is 0 Å². The molecule has 7 heavy (non-hydrogen) atoms. The highest BCUT2D eigenvalue weighted by Crippen LogP contribution is 1.87. The summed E-state index contributed by atoms with van der Waals surface area (Å²) in [4.78, 5) is 0. The molecule has 44 valence electrons. The third-order valence-electron chi connectivity index (χ3n) is 0.956. The first kappa shape index (κ1) is 7.14. The van der Waals surface area contributed by atoms with Crippen LogP contribution in [0.3, 0.4) is 0 Å². The Balaban J connectivity index is 2.83. The van der Waals surface area contributed by atoms with Crippen LogP contribution >= 0.6 is 0 Å². The highest BCUT2D eigenvalue weighted by Gasteiger charge is 1.92. The third-order valence-corrected chi connectivity index (χ3v) is 2.11. The summed E-state index contributed by atoms with van der Waals surface area (Å²) in [5.74, 6) is 0. The van der Waals surface area contributed by atoms with Crippen LogP contribution in [0.5, 0.6) is 0 Å². The van der Waals surface area contributed by atoms with Gasteiger partial charge in [-0.15, -0.1) is 0 Å². The van der Waals surface area contributed by atoms with Crippen LogP contribution in [0.2, 0.25) is 0 Å². The Morgan fingerprint density at radius 1 is 1.86 bits per heavy atom. The van der Waals surface area contributed by atoms with Gasteiger partial charge in [0.25, 0.3) is 0 Å². The molecule has 1 unspecified atom stereocenters. The van der Waals surface area contributed by atoms with Crippen molar-refractivity contribution in [1.29, 1.82) is 0 Å². The van der Waals surface area contributed by atoms with E-state index >= 15 is 0 Å². The lowest BCUT2D eigenvalue weighted by atomic mass is 10.5. The van der Waals surface area contributed by atoms with Crippen molar-refractivity contribution in [3.05, 3.63) is 0 Å². The molecule has 0 aromatic heterocycles. The quantitative estimate of drug-likeness (QED) is 0.383. The highest BCUT2D eigenvalue weighted by atomic mass is 28.1. The maximum atomic E-state index is 5.11. The van der Waals surface area contributed by atoms with Crippen molar-refractivity contribution in [3.63, 3.8) is 0 Å². The van der Waals surface area contributed by atoms with E-state index in [0.29, 0.717) is 12.5 Å². The predicted octanol–water partition coefficient (Wildman–Crippen LogP) is -0.979. The monoisotopic (exact) mass is 119 g/mol. The Morgan fingerprint density at radius 2 is 2.43 bits per heavy atom. The first-order valence-electron chi connectivity index (χ1n) is 2.63. The second-order valence-electron chi connectivity index (χ2n) is 1.55. The lowest BCUT2D eigenvalue weighted by Crippen LogP contribution is -2.16. The van der Waals surface area contributed by atoms with Crippen LogP contribution < -0.4 is 5.73 Å². The Morgan fingerprint density at radius 3 is 2.57 bits per heavy atom. The number of rotatable bonds is 3. The maximum Gasteiger partial charge on any atom is 0.0939 e. The SMILES string of the molecule is CCC([SiH3])OCN. The molecule has 2 nitrogen and oxygen atoms in total. The van der Waals surface area contributed by atoms with Gasteiger partial charge in [0.15, 0.2) is 0 Å². The minimum atomic E-state index is 0.377. The smallest absolute Gasteiger partial charge is 0.0939 e. The molecule has 0 aliphatic rings. The van der Waals surface area contributed by atoms with Gasteiger partial charge in [0.1, 0.15) is 0 Å². The van der Waals surface area contributed by atoms with E-state index < -0.39 is 0 Å². The Labute approximate surface area is 47.5 Å². The van der Waals surface area contributed by atoms with Gasteiger partial charge < -0.3 is 10.5 Å². The molecule has 3 heteroatoms. The van der Waals surface area contributed by atoms with Crippen LogP contribution in [0.4, 0.5) is 0 Å². The van der Waals surface area contributed by atoms with E-state index in [1.807, 2.05) is 0 Å². The summed E-state index contributed by atoms with van der Waals surface area (Å²) in [5.41, 5.74) is 5.57. The summed E-state index contributed by atoms with van der Waals surface area (Å²) in [6.45, 7) is 2.48. The normalized spacial score (nSPS) is 14.6. The first-order chi connectivity index (χ1) is 3.31. The lowest BCUT2D eigenvalue weighted by Gasteiger charge is -2.05. The molecular formula is C4H13NOSi. The maximum absolute atomic E-state index is 5.11. The Kier molecular flexibility index (Phi) is 4.38. The third kappa shape index (κ3) is 3.98. The van der Waals surface area contributed by atoms with E-state index in [1.54, 1.807) is 0 Å². The van der Waals surface area contributed by atoms with Crippen molar-refractivity contribution < 1.29 is 4.74 Å². The minimum Gasteiger partial charge on any atom is -0.368 e. The van der Waals surface area contributed by atoms with Gasteiger partial charge in [-0.25, -0.2) is 0 Å². The summed E-state index contributed by atoms with van der Waals surface area (Å²) in [6, 6.07) is 0. The highest BCUT2D eigenvalue weighted by molar-refractivity contribution is 6.10. The zero-order chi connectivity index (χ0) is 5.70. The molecule has 0 heterocycles. The van der Waals surface area contributed by atoms with Crippen LogP contribution in [0, 0.1) is 0 Å². The zero-order valence-electron chi connectivity index (χ0n) is 4.98. The van der Waals surface area contributed by atoms with E-state index in [2.05, 4.69) is 6.92 Å². The van der Waals surface area contributed by atoms with Crippen LogP contribution in [0.15, 0.2) is 0 Å². The lowest BCUT2D eigenvalue weighted by molar-refractivity contribution is 0.111. The molecular weight excluding hydrogens is 106 g/mol. The predicted molar refractivity (Wildman–Crippen MR) is 34.2 cm³/mol. The van der Waals surface area contributed by atoms with Crippen LogP contribution in [0.25, 0.3) is 0 Å². The van der Waals surface area contributed by atoms with Gasteiger partial charge in [-0.2, -0.15) is 0 Å². The van der Waals surface area contributed by atoms with Gasteiger partial charge in [0.05, 0.1) is 6.73 Å². The van der Waals surface area contributed by atoms with E-state index in [1.165, 1.54) is 0 Å². The first-order valence-corrected chi connectivity index (χ1v) is 3.78. The fraction of sp³-hybridized carbons (Fsp3) is 1.00. The number of nitrogens with two attached hydrogens (primary N) is 1. The molecule has 2 N–H and O–H groups in total. The molecule has 1 atom stereocenters. The average molecular weight is 119 g/mol.